The molecule has 0 aromatic carbocycles. The highest BCUT2D eigenvalue weighted by atomic mass is 16.6. The molecule has 0 unspecified atom stereocenters. The molecule has 114 valence electrons. The molecule has 0 radical (unpaired) electrons. The molecule has 4 atom stereocenters. The first-order valence-corrected chi connectivity index (χ1v) is 6.00. The Morgan fingerprint density at radius 3 is 2.67 bits per heavy atom. The van der Waals surface area contributed by atoms with Crippen LogP contribution in [0.2, 0.25) is 0 Å². The van der Waals surface area contributed by atoms with E-state index in [9.17, 15) is 24.6 Å². The number of hydrogen-bond acceptors (Lipinski definition) is 8. The van der Waals surface area contributed by atoms with Gasteiger partial charge in [0.05, 0.1) is 18.7 Å². The third-order valence-electron chi connectivity index (χ3n) is 3.15. The molecule has 0 aliphatic carbocycles. The maximum Gasteiger partial charge on any atom is 0.330 e. The van der Waals surface area contributed by atoms with Crippen molar-refractivity contribution < 1.29 is 24.9 Å². The molecular formula is C11H13N3O7. The van der Waals surface area contributed by atoms with Gasteiger partial charge in [-0.3, -0.25) is 14.3 Å². The van der Waals surface area contributed by atoms with Gasteiger partial charge in [-0.25, -0.2) is 14.6 Å². The highest BCUT2D eigenvalue weighted by Crippen LogP contribution is 2.27. The van der Waals surface area contributed by atoms with E-state index in [2.05, 4.69) is 4.99 Å². The van der Waals surface area contributed by atoms with Crippen LogP contribution in [-0.2, 0) is 16.1 Å². The van der Waals surface area contributed by atoms with Gasteiger partial charge in [-0.15, -0.1) is 0 Å². The van der Waals surface area contributed by atoms with Crippen LogP contribution in [0.5, 0.6) is 0 Å². The molecule has 0 spiro atoms. The summed E-state index contributed by atoms with van der Waals surface area (Å²) in [5, 5.41) is 28.5. The molecular weight excluding hydrogens is 286 g/mol. The van der Waals surface area contributed by atoms with Gasteiger partial charge in [0, 0.05) is 6.20 Å². The van der Waals surface area contributed by atoms with E-state index in [1.54, 1.807) is 0 Å². The molecule has 1 fully saturated rings. The second kappa shape index (κ2) is 6.12. The first-order valence-electron chi connectivity index (χ1n) is 6.00. The Morgan fingerprint density at radius 2 is 2.10 bits per heavy atom. The minimum absolute atomic E-state index is 0.0179. The largest absolute Gasteiger partial charge is 0.394 e. The van der Waals surface area contributed by atoms with Crippen LogP contribution in [0.4, 0.5) is 0 Å². The molecule has 0 saturated carbocycles. The zero-order valence-electron chi connectivity index (χ0n) is 10.7. The minimum atomic E-state index is -1.46. The van der Waals surface area contributed by atoms with E-state index >= 15 is 0 Å². The third kappa shape index (κ3) is 2.84. The number of isocyanates is 1. The van der Waals surface area contributed by atoms with Gasteiger partial charge in [0.1, 0.15) is 18.3 Å². The van der Waals surface area contributed by atoms with E-state index < -0.39 is 42.4 Å². The van der Waals surface area contributed by atoms with Gasteiger partial charge in [-0.2, -0.15) is 0 Å². The fourth-order valence-corrected chi connectivity index (χ4v) is 2.06. The van der Waals surface area contributed by atoms with E-state index in [0.29, 0.717) is 0 Å². The summed E-state index contributed by atoms with van der Waals surface area (Å²) in [6.45, 7) is -0.844. The predicted octanol–water partition coefficient (Wildman–Crippen LogP) is -3.02. The fraction of sp³-hybridized carbons (Fsp3) is 0.545. The molecule has 0 bridgehead atoms. The van der Waals surface area contributed by atoms with Crippen LogP contribution in [0.25, 0.3) is 0 Å². The number of rotatable bonds is 4. The third-order valence-corrected chi connectivity index (χ3v) is 3.15. The van der Waals surface area contributed by atoms with Crippen LogP contribution in [0.15, 0.2) is 20.8 Å². The molecule has 1 aromatic heterocycles. The zero-order chi connectivity index (χ0) is 15.6. The number of nitrogens with one attached hydrogen (secondary N) is 1. The SMILES string of the molecule is O=C=NCc1cn([C@@H]2O[C@H](CO)[C@@H](O)[C@H]2O)c(=O)[nH]c1=O. The summed E-state index contributed by atoms with van der Waals surface area (Å²) in [4.78, 5) is 38.6. The molecule has 1 saturated heterocycles. The molecule has 10 nitrogen and oxygen atoms in total. The summed E-state index contributed by atoms with van der Waals surface area (Å²) in [7, 11) is 0. The summed E-state index contributed by atoms with van der Waals surface area (Å²) < 4.78 is 6.05. The lowest BCUT2D eigenvalue weighted by Gasteiger charge is -2.17. The van der Waals surface area contributed by atoms with Gasteiger partial charge in [-0.1, -0.05) is 0 Å². The van der Waals surface area contributed by atoms with Crippen LogP contribution >= 0.6 is 0 Å². The van der Waals surface area contributed by atoms with Crippen molar-refractivity contribution in [3.05, 3.63) is 32.6 Å². The summed E-state index contributed by atoms with van der Waals surface area (Å²) in [6.07, 6.45) is -2.84. The number of ether oxygens (including phenoxy) is 1. The van der Waals surface area contributed by atoms with E-state index in [4.69, 9.17) is 9.84 Å². The summed E-state index contributed by atoms with van der Waals surface area (Å²) >= 11 is 0. The molecule has 2 rings (SSSR count). The van der Waals surface area contributed by atoms with Crippen molar-refractivity contribution in [2.75, 3.05) is 6.61 Å². The van der Waals surface area contributed by atoms with Crippen LogP contribution < -0.4 is 11.2 Å². The Balaban J connectivity index is 2.42. The van der Waals surface area contributed by atoms with E-state index in [0.717, 1.165) is 10.8 Å². The topological polar surface area (TPSA) is 154 Å². The zero-order valence-corrected chi connectivity index (χ0v) is 10.7. The van der Waals surface area contributed by atoms with Gasteiger partial charge in [0.15, 0.2) is 6.23 Å². The van der Waals surface area contributed by atoms with Crippen molar-refractivity contribution in [3.63, 3.8) is 0 Å². The molecule has 1 aliphatic rings. The number of carbonyl (C=O) groups excluding carboxylic acids is 1. The van der Waals surface area contributed by atoms with Crippen molar-refractivity contribution in [2.24, 2.45) is 4.99 Å². The first-order chi connectivity index (χ1) is 9.99. The second-order valence-electron chi connectivity index (χ2n) is 4.46. The number of H-pyrrole nitrogens is 1. The standard InChI is InChI=1S/C11H13N3O7/c15-3-6-7(17)8(18)10(21-6)14-2-5(1-12-4-16)9(19)13-11(14)20/h2,6-8,10,15,17-18H,1,3H2,(H,13,19,20)/t6-,7-,8-,10-/m1/s1. The van der Waals surface area contributed by atoms with Crippen LogP contribution in [0, 0.1) is 0 Å². The maximum atomic E-state index is 11.8. The molecule has 1 aliphatic heterocycles. The van der Waals surface area contributed by atoms with Gasteiger partial charge >= 0.3 is 5.69 Å². The Morgan fingerprint density at radius 1 is 1.38 bits per heavy atom. The number of nitrogens with zero attached hydrogens (tertiary/aromatic N) is 2. The van der Waals surface area contributed by atoms with Crippen molar-refractivity contribution in [3.8, 4) is 0 Å². The quantitative estimate of drug-likeness (QED) is 0.341. The van der Waals surface area contributed by atoms with Gasteiger partial charge in [0.25, 0.3) is 5.56 Å². The molecule has 21 heavy (non-hydrogen) atoms. The monoisotopic (exact) mass is 299 g/mol. The molecule has 0 amide bonds. The predicted molar refractivity (Wildman–Crippen MR) is 66.2 cm³/mol. The summed E-state index contributed by atoms with van der Waals surface area (Å²) in [5.74, 6) is 0. The number of aliphatic imine (C=N–C) groups is 1. The summed E-state index contributed by atoms with van der Waals surface area (Å²) in [6, 6.07) is 0. The number of aromatic nitrogens is 2. The average molecular weight is 299 g/mol. The second-order valence-corrected chi connectivity index (χ2v) is 4.46. The fourth-order valence-electron chi connectivity index (χ4n) is 2.06. The number of aromatic amines is 1. The van der Waals surface area contributed by atoms with Crippen molar-refractivity contribution in [1.29, 1.82) is 0 Å². The molecule has 2 heterocycles. The first kappa shape index (κ1) is 15.3. The Labute approximate surface area is 117 Å². The Bertz CT molecular complexity index is 675. The van der Waals surface area contributed by atoms with Crippen LogP contribution in [0.1, 0.15) is 11.8 Å². The highest BCUT2D eigenvalue weighted by Gasteiger charge is 2.43. The lowest BCUT2D eigenvalue weighted by Crippen LogP contribution is -2.38. The molecule has 1 aromatic rings. The van der Waals surface area contributed by atoms with Crippen molar-refractivity contribution in [2.45, 2.75) is 31.1 Å². The molecule has 10 heteroatoms. The lowest BCUT2D eigenvalue weighted by atomic mass is 10.1. The van der Waals surface area contributed by atoms with Gasteiger partial charge in [-0.05, 0) is 0 Å². The lowest BCUT2D eigenvalue weighted by molar-refractivity contribution is -0.0551. The smallest absolute Gasteiger partial charge is 0.330 e. The molecule has 4 N–H and O–H groups in total. The normalized spacial score (nSPS) is 28.3. The van der Waals surface area contributed by atoms with Gasteiger partial charge < -0.3 is 20.1 Å². The van der Waals surface area contributed by atoms with Gasteiger partial charge in [0.2, 0.25) is 6.08 Å². The van der Waals surface area contributed by atoms with E-state index in [1.165, 1.54) is 6.08 Å². The number of aliphatic hydroxyl groups excluding tert-OH is 3. The Kier molecular flexibility index (Phi) is 4.46. The van der Waals surface area contributed by atoms with Crippen LogP contribution in [0.3, 0.4) is 0 Å². The minimum Gasteiger partial charge on any atom is -0.394 e. The van der Waals surface area contributed by atoms with Crippen LogP contribution in [-0.4, -0.2) is 55.9 Å². The highest BCUT2D eigenvalue weighted by molar-refractivity contribution is 5.33. The van der Waals surface area contributed by atoms with Crippen molar-refractivity contribution in [1.82, 2.24) is 9.55 Å². The summed E-state index contributed by atoms with van der Waals surface area (Å²) in [5.41, 5.74) is -1.62. The number of aliphatic hydroxyl groups is 3. The van der Waals surface area contributed by atoms with Crippen molar-refractivity contribution >= 4 is 6.08 Å². The average Bonchev–Trinajstić information content (AvgIpc) is 2.74. The number of hydrogen-bond donors (Lipinski definition) is 4. The maximum absolute atomic E-state index is 11.8. The van der Waals surface area contributed by atoms with E-state index in [-0.39, 0.29) is 12.1 Å². The van der Waals surface area contributed by atoms with E-state index in [1.807, 2.05) is 4.98 Å². The Hall–Kier alpha value is -2.10.